The summed E-state index contributed by atoms with van der Waals surface area (Å²) < 4.78 is 22.8. The van der Waals surface area contributed by atoms with Gasteiger partial charge in [0.05, 0.1) is 4.90 Å². The normalized spacial score (nSPS) is 11.5. The maximum absolute atomic E-state index is 11.4. The van der Waals surface area contributed by atoms with E-state index in [1.165, 1.54) is 6.26 Å². The molecule has 2 aromatic rings. The number of nitrogen functional groups attached to an aromatic ring is 1. The summed E-state index contributed by atoms with van der Waals surface area (Å²) in [5.41, 5.74) is 7.79. The van der Waals surface area contributed by atoms with Gasteiger partial charge in [-0.3, -0.25) is 0 Å². The van der Waals surface area contributed by atoms with Gasteiger partial charge in [0, 0.05) is 21.7 Å². The van der Waals surface area contributed by atoms with Gasteiger partial charge >= 0.3 is 0 Å². The van der Waals surface area contributed by atoms with E-state index in [0.29, 0.717) is 4.90 Å². The first-order valence-corrected chi connectivity index (χ1v) is 8.42. The average Bonchev–Trinajstić information content (AvgIpc) is 2.33. The Balaban J connectivity index is 2.30. The van der Waals surface area contributed by atoms with Crippen LogP contribution in [-0.4, -0.2) is 14.7 Å². The van der Waals surface area contributed by atoms with Crippen LogP contribution in [0.5, 0.6) is 0 Å². The molecule has 0 radical (unpaired) electrons. The van der Waals surface area contributed by atoms with Crippen molar-refractivity contribution >= 4 is 27.3 Å². The van der Waals surface area contributed by atoms with Crippen LogP contribution in [0, 0.1) is 6.92 Å². The largest absolute Gasteiger partial charge is 0.398 e. The third-order valence-electron chi connectivity index (χ3n) is 2.71. The molecule has 0 heterocycles. The van der Waals surface area contributed by atoms with Crippen LogP contribution in [-0.2, 0) is 9.84 Å². The van der Waals surface area contributed by atoms with Crippen molar-refractivity contribution in [2.75, 3.05) is 12.0 Å². The molecule has 3 nitrogen and oxygen atoms in total. The third-order valence-corrected chi connectivity index (χ3v) is 5.11. The summed E-state index contributed by atoms with van der Waals surface area (Å²) in [6.45, 7) is 2.00. The van der Waals surface area contributed by atoms with Gasteiger partial charge in [-0.25, -0.2) is 8.42 Å². The number of sulfone groups is 1. The highest BCUT2D eigenvalue weighted by Crippen LogP contribution is 2.34. The van der Waals surface area contributed by atoms with Gasteiger partial charge < -0.3 is 5.73 Å². The van der Waals surface area contributed by atoms with E-state index in [1.54, 1.807) is 36.0 Å². The van der Waals surface area contributed by atoms with Gasteiger partial charge in [-0.05, 0) is 42.8 Å². The zero-order chi connectivity index (χ0) is 14.0. The van der Waals surface area contributed by atoms with Gasteiger partial charge in [0.2, 0.25) is 0 Å². The van der Waals surface area contributed by atoms with E-state index in [0.717, 1.165) is 21.0 Å². The Kier molecular flexibility index (Phi) is 3.87. The van der Waals surface area contributed by atoms with Gasteiger partial charge in [-0.2, -0.15) is 0 Å². The number of hydrogen-bond acceptors (Lipinski definition) is 4. The number of aryl methyl sites for hydroxylation is 1. The summed E-state index contributed by atoms with van der Waals surface area (Å²) in [5, 5.41) is 0. The van der Waals surface area contributed by atoms with Crippen LogP contribution in [0.2, 0.25) is 0 Å². The molecule has 5 heteroatoms. The lowest BCUT2D eigenvalue weighted by atomic mass is 10.2. The molecule has 100 valence electrons. The topological polar surface area (TPSA) is 60.2 Å². The molecular weight excluding hydrogens is 278 g/mol. The molecule has 0 aromatic heterocycles. The molecule has 0 aliphatic carbocycles. The summed E-state index contributed by atoms with van der Waals surface area (Å²) in [6.07, 6.45) is 1.20. The quantitative estimate of drug-likeness (QED) is 0.883. The Hall–Kier alpha value is -1.46. The van der Waals surface area contributed by atoms with Crippen molar-refractivity contribution in [3.05, 3.63) is 48.0 Å². The van der Waals surface area contributed by atoms with E-state index < -0.39 is 9.84 Å². The SMILES string of the molecule is Cc1cccc(N)c1Sc1ccc(S(C)(=O)=O)cc1. The molecule has 0 aliphatic heterocycles. The monoisotopic (exact) mass is 293 g/mol. The molecule has 0 atom stereocenters. The number of benzene rings is 2. The summed E-state index contributed by atoms with van der Waals surface area (Å²) in [4.78, 5) is 2.30. The molecular formula is C14H15NO2S2. The van der Waals surface area contributed by atoms with Crippen molar-refractivity contribution < 1.29 is 8.42 Å². The molecule has 0 saturated heterocycles. The van der Waals surface area contributed by atoms with E-state index in [1.807, 2.05) is 25.1 Å². The van der Waals surface area contributed by atoms with Crippen molar-refractivity contribution in [2.24, 2.45) is 0 Å². The van der Waals surface area contributed by atoms with Crippen LogP contribution in [0.15, 0.2) is 57.2 Å². The lowest BCUT2D eigenvalue weighted by Crippen LogP contribution is -1.96. The highest BCUT2D eigenvalue weighted by Gasteiger charge is 2.08. The van der Waals surface area contributed by atoms with E-state index in [-0.39, 0.29) is 0 Å². The standard InChI is InChI=1S/C14H15NO2S2/c1-10-4-3-5-13(15)14(10)18-11-6-8-12(9-7-11)19(2,16)17/h3-9H,15H2,1-2H3. The highest BCUT2D eigenvalue weighted by atomic mass is 32.2. The first-order chi connectivity index (χ1) is 8.88. The first kappa shape index (κ1) is 14.0. The van der Waals surface area contributed by atoms with Crippen LogP contribution in [0.3, 0.4) is 0 Å². The second kappa shape index (κ2) is 5.27. The van der Waals surface area contributed by atoms with Crippen LogP contribution >= 0.6 is 11.8 Å². The van der Waals surface area contributed by atoms with Crippen molar-refractivity contribution in [1.82, 2.24) is 0 Å². The second-order valence-electron chi connectivity index (χ2n) is 4.34. The summed E-state index contributed by atoms with van der Waals surface area (Å²) in [6, 6.07) is 12.6. The van der Waals surface area contributed by atoms with E-state index in [4.69, 9.17) is 5.73 Å². The fourth-order valence-electron chi connectivity index (χ4n) is 1.69. The zero-order valence-corrected chi connectivity index (χ0v) is 12.4. The second-order valence-corrected chi connectivity index (χ2v) is 7.44. The summed E-state index contributed by atoms with van der Waals surface area (Å²) in [7, 11) is -3.14. The van der Waals surface area contributed by atoms with Crippen molar-refractivity contribution in [3.8, 4) is 0 Å². The lowest BCUT2D eigenvalue weighted by Gasteiger charge is -2.09. The fraction of sp³-hybridized carbons (Fsp3) is 0.143. The third kappa shape index (κ3) is 3.30. The Morgan fingerprint density at radius 2 is 1.68 bits per heavy atom. The van der Waals surface area contributed by atoms with Crippen LogP contribution in [0.1, 0.15) is 5.56 Å². The molecule has 2 aromatic carbocycles. The van der Waals surface area contributed by atoms with Crippen LogP contribution < -0.4 is 5.73 Å². The number of nitrogens with two attached hydrogens (primary N) is 1. The average molecular weight is 293 g/mol. The molecule has 19 heavy (non-hydrogen) atoms. The predicted molar refractivity (Wildman–Crippen MR) is 79.3 cm³/mol. The minimum Gasteiger partial charge on any atom is -0.398 e. The zero-order valence-electron chi connectivity index (χ0n) is 10.8. The molecule has 2 N–H and O–H groups in total. The molecule has 0 aliphatic rings. The van der Waals surface area contributed by atoms with Crippen molar-refractivity contribution in [2.45, 2.75) is 21.6 Å². The maximum Gasteiger partial charge on any atom is 0.175 e. The molecule has 0 amide bonds. The fourth-order valence-corrected chi connectivity index (χ4v) is 3.24. The minimum absolute atomic E-state index is 0.328. The molecule has 0 bridgehead atoms. The van der Waals surface area contributed by atoms with Gasteiger partial charge in [-0.15, -0.1) is 0 Å². The Morgan fingerprint density at radius 3 is 2.21 bits per heavy atom. The first-order valence-electron chi connectivity index (χ1n) is 5.71. The molecule has 0 spiro atoms. The van der Waals surface area contributed by atoms with Gasteiger partial charge in [0.1, 0.15) is 0 Å². The Morgan fingerprint density at radius 1 is 1.05 bits per heavy atom. The van der Waals surface area contributed by atoms with Crippen molar-refractivity contribution in [1.29, 1.82) is 0 Å². The van der Waals surface area contributed by atoms with Crippen molar-refractivity contribution in [3.63, 3.8) is 0 Å². The Bertz CT molecular complexity index is 672. The minimum atomic E-state index is -3.14. The molecule has 2 rings (SSSR count). The molecule has 0 fully saturated rings. The smallest absolute Gasteiger partial charge is 0.175 e. The van der Waals surface area contributed by atoms with E-state index >= 15 is 0 Å². The maximum atomic E-state index is 11.4. The summed E-state index contributed by atoms with van der Waals surface area (Å²) in [5.74, 6) is 0. The van der Waals surface area contributed by atoms with Gasteiger partial charge in [0.25, 0.3) is 0 Å². The lowest BCUT2D eigenvalue weighted by molar-refractivity contribution is 0.602. The van der Waals surface area contributed by atoms with E-state index in [9.17, 15) is 8.42 Å². The number of rotatable bonds is 3. The number of hydrogen-bond donors (Lipinski definition) is 1. The molecule has 0 unspecified atom stereocenters. The summed E-state index contributed by atoms with van der Waals surface area (Å²) >= 11 is 1.54. The van der Waals surface area contributed by atoms with Crippen LogP contribution in [0.4, 0.5) is 5.69 Å². The molecule has 0 saturated carbocycles. The predicted octanol–water partition coefficient (Wildman–Crippen LogP) is 3.13. The van der Waals surface area contributed by atoms with Gasteiger partial charge in [-0.1, -0.05) is 23.9 Å². The number of anilines is 1. The highest BCUT2D eigenvalue weighted by molar-refractivity contribution is 7.99. The Labute approximate surface area is 117 Å². The van der Waals surface area contributed by atoms with E-state index in [2.05, 4.69) is 0 Å². The van der Waals surface area contributed by atoms with Crippen LogP contribution in [0.25, 0.3) is 0 Å². The van der Waals surface area contributed by atoms with Gasteiger partial charge in [0.15, 0.2) is 9.84 Å².